The molecule has 0 N–H and O–H groups in total. The maximum Gasteiger partial charge on any atom is 0.0689 e. The normalized spacial score (nSPS) is 20.7. The molecule has 0 heterocycles. The molecule has 0 spiro atoms. The van der Waals surface area contributed by atoms with E-state index in [0.717, 1.165) is 19.3 Å². The van der Waals surface area contributed by atoms with Crippen LogP contribution in [0.5, 0.6) is 0 Å². The van der Waals surface area contributed by atoms with Crippen molar-refractivity contribution >= 4 is 0 Å². The number of hydrogen-bond acceptors (Lipinski definition) is 1. The first kappa shape index (κ1) is 9.58. The summed E-state index contributed by atoms with van der Waals surface area (Å²) >= 11 is 0. The van der Waals surface area contributed by atoms with Gasteiger partial charge in [0.15, 0.2) is 0 Å². The third-order valence-corrected chi connectivity index (χ3v) is 3.06. The Hall–Kier alpha value is -0.510. The van der Waals surface area contributed by atoms with Gasteiger partial charge in [-0.2, -0.15) is 5.26 Å². The van der Waals surface area contributed by atoms with Crippen LogP contribution in [0.3, 0.4) is 0 Å². The summed E-state index contributed by atoms with van der Waals surface area (Å²) in [5.74, 6) is 0. The highest BCUT2D eigenvalue weighted by Crippen LogP contribution is 2.41. The average molecular weight is 165 g/mol. The van der Waals surface area contributed by atoms with Gasteiger partial charge in [-0.15, -0.1) is 0 Å². The minimum Gasteiger partial charge on any atom is -0.198 e. The Morgan fingerprint density at radius 2 is 1.92 bits per heavy atom. The lowest BCUT2D eigenvalue weighted by Crippen LogP contribution is -2.12. The van der Waals surface area contributed by atoms with E-state index in [2.05, 4.69) is 13.0 Å². The van der Waals surface area contributed by atoms with Crippen molar-refractivity contribution < 1.29 is 0 Å². The standard InChI is InChI=1S/C11H19N/c1-2-3-4-7-11(10-12)8-5-6-9-11/h2-9H2,1H3. The minimum absolute atomic E-state index is 0.0924. The van der Waals surface area contributed by atoms with Crippen molar-refractivity contribution in [2.75, 3.05) is 0 Å². The Labute approximate surface area is 75.8 Å². The SMILES string of the molecule is CCCCCC1(C#N)CCCC1. The fraction of sp³-hybridized carbons (Fsp3) is 0.909. The van der Waals surface area contributed by atoms with Gasteiger partial charge in [-0.1, -0.05) is 39.0 Å². The van der Waals surface area contributed by atoms with E-state index in [0.29, 0.717) is 0 Å². The number of nitrogens with zero attached hydrogens (tertiary/aromatic N) is 1. The first-order valence-corrected chi connectivity index (χ1v) is 5.24. The molecule has 0 amide bonds. The summed E-state index contributed by atoms with van der Waals surface area (Å²) in [4.78, 5) is 0. The van der Waals surface area contributed by atoms with Crippen molar-refractivity contribution in [2.45, 2.75) is 58.3 Å². The van der Waals surface area contributed by atoms with E-state index < -0.39 is 0 Å². The van der Waals surface area contributed by atoms with Crippen molar-refractivity contribution in [3.63, 3.8) is 0 Å². The predicted octanol–water partition coefficient (Wildman–Crippen LogP) is 3.65. The third kappa shape index (κ3) is 2.24. The van der Waals surface area contributed by atoms with Crippen LogP contribution < -0.4 is 0 Å². The number of hydrogen-bond donors (Lipinski definition) is 0. The first-order valence-electron chi connectivity index (χ1n) is 5.24. The Morgan fingerprint density at radius 3 is 2.42 bits per heavy atom. The largest absolute Gasteiger partial charge is 0.198 e. The van der Waals surface area contributed by atoms with E-state index in [4.69, 9.17) is 5.26 Å². The Kier molecular flexibility index (Phi) is 3.59. The molecule has 1 nitrogen and oxygen atoms in total. The topological polar surface area (TPSA) is 23.8 Å². The molecular formula is C11H19N. The molecule has 68 valence electrons. The van der Waals surface area contributed by atoms with Crippen LogP contribution in [0.25, 0.3) is 0 Å². The fourth-order valence-electron chi connectivity index (χ4n) is 2.18. The minimum atomic E-state index is 0.0924. The maximum absolute atomic E-state index is 9.07. The van der Waals surface area contributed by atoms with Crippen LogP contribution in [-0.4, -0.2) is 0 Å². The van der Waals surface area contributed by atoms with Crippen LogP contribution in [0.1, 0.15) is 58.3 Å². The molecule has 0 saturated heterocycles. The van der Waals surface area contributed by atoms with Gasteiger partial charge in [0.1, 0.15) is 0 Å². The third-order valence-electron chi connectivity index (χ3n) is 3.06. The quantitative estimate of drug-likeness (QED) is 0.583. The molecule has 0 radical (unpaired) electrons. The van der Waals surface area contributed by atoms with Crippen molar-refractivity contribution in [1.82, 2.24) is 0 Å². The summed E-state index contributed by atoms with van der Waals surface area (Å²) in [7, 11) is 0. The van der Waals surface area contributed by atoms with Gasteiger partial charge in [0.2, 0.25) is 0 Å². The molecule has 0 bridgehead atoms. The van der Waals surface area contributed by atoms with Crippen LogP contribution in [0, 0.1) is 16.7 Å². The molecule has 1 aliphatic rings. The first-order chi connectivity index (χ1) is 5.83. The molecule has 1 heteroatoms. The second-order valence-electron chi connectivity index (χ2n) is 4.06. The predicted molar refractivity (Wildman–Crippen MR) is 50.7 cm³/mol. The van der Waals surface area contributed by atoms with Crippen LogP contribution >= 0.6 is 0 Å². The fourth-order valence-corrected chi connectivity index (χ4v) is 2.18. The molecule has 0 aromatic heterocycles. The van der Waals surface area contributed by atoms with Crippen molar-refractivity contribution in [2.24, 2.45) is 5.41 Å². The Balaban J connectivity index is 2.30. The molecule has 1 fully saturated rings. The highest BCUT2D eigenvalue weighted by Gasteiger charge is 2.32. The van der Waals surface area contributed by atoms with E-state index in [-0.39, 0.29) is 5.41 Å². The molecule has 0 aliphatic heterocycles. The number of nitriles is 1. The number of rotatable bonds is 4. The van der Waals surface area contributed by atoms with Gasteiger partial charge in [0.05, 0.1) is 11.5 Å². The summed E-state index contributed by atoms with van der Waals surface area (Å²) in [6.07, 6.45) is 9.84. The lowest BCUT2D eigenvalue weighted by molar-refractivity contribution is 0.359. The summed E-state index contributed by atoms with van der Waals surface area (Å²) in [6.45, 7) is 2.22. The summed E-state index contributed by atoms with van der Waals surface area (Å²) in [5.41, 5.74) is 0.0924. The average Bonchev–Trinajstić information content (AvgIpc) is 2.55. The molecule has 0 atom stereocenters. The molecule has 0 aromatic rings. The highest BCUT2D eigenvalue weighted by molar-refractivity contribution is 5.01. The zero-order valence-electron chi connectivity index (χ0n) is 8.10. The van der Waals surface area contributed by atoms with Gasteiger partial charge in [0.25, 0.3) is 0 Å². The van der Waals surface area contributed by atoms with Gasteiger partial charge in [-0.05, 0) is 19.3 Å². The van der Waals surface area contributed by atoms with Crippen LogP contribution in [0.2, 0.25) is 0 Å². The molecule has 1 saturated carbocycles. The summed E-state index contributed by atoms with van der Waals surface area (Å²) in [6, 6.07) is 2.54. The van der Waals surface area contributed by atoms with E-state index >= 15 is 0 Å². The monoisotopic (exact) mass is 165 g/mol. The molecular weight excluding hydrogens is 146 g/mol. The van der Waals surface area contributed by atoms with Crippen LogP contribution in [0.4, 0.5) is 0 Å². The zero-order chi connectivity index (χ0) is 8.86. The Morgan fingerprint density at radius 1 is 1.25 bits per heavy atom. The molecule has 12 heavy (non-hydrogen) atoms. The second kappa shape index (κ2) is 4.50. The van der Waals surface area contributed by atoms with Crippen molar-refractivity contribution in [3.05, 3.63) is 0 Å². The van der Waals surface area contributed by atoms with Gasteiger partial charge < -0.3 is 0 Å². The van der Waals surface area contributed by atoms with E-state index in [1.165, 1.54) is 32.1 Å². The highest BCUT2D eigenvalue weighted by atomic mass is 14.4. The van der Waals surface area contributed by atoms with Crippen molar-refractivity contribution in [3.8, 4) is 6.07 Å². The molecule has 0 aromatic carbocycles. The van der Waals surface area contributed by atoms with Gasteiger partial charge in [0, 0.05) is 0 Å². The molecule has 0 unspecified atom stereocenters. The van der Waals surface area contributed by atoms with E-state index in [1.54, 1.807) is 0 Å². The van der Waals surface area contributed by atoms with Crippen molar-refractivity contribution in [1.29, 1.82) is 5.26 Å². The summed E-state index contributed by atoms with van der Waals surface area (Å²) in [5, 5.41) is 9.07. The van der Waals surface area contributed by atoms with Crippen LogP contribution in [-0.2, 0) is 0 Å². The van der Waals surface area contributed by atoms with Gasteiger partial charge in [-0.25, -0.2) is 0 Å². The van der Waals surface area contributed by atoms with Crippen LogP contribution in [0.15, 0.2) is 0 Å². The Bertz CT molecular complexity index is 160. The molecule has 1 rings (SSSR count). The lowest BCUT2D eigenvalue weighted by Gasteiger charge is -2.19. The zero-order valence-corrected chi connectivity index (χ0v) is 8.10. The lowest BCUT2D eigenvalue weighted by atomic mass is 9.82. The maximum atomic E-state index is 9.07. The van der Waals surface area contributed by atoms with Gasteiger partial charge in [-0.3, -0.25) is 0 Å². The van der Waals surface area contributed by atoms with Gasteiger partial charge >= 0.3 is 0 Å². The number of unbranched alkanes of at least 4 members (excludes halogenated alkanes) is 2. The summed E-state index contributed by atoms with van der Waals surface area (Å²) < 4.78 is 0. The smallest absolute Gasteiger partial charge is 0.0689 e. The van der Waals surface area contributed by atoms with E-state index in [9.17, 15) is 0 Å². The molecule has 1 aliphatic carbocycles. The van der Waals surface area contributed by atoms with E-state index in [1.807, 2.05) is 0 Å². The second-order valence-corrected chi connectivity index (χ2v) is 4.06.